The Bertz CT molecular complexity index is 547. The average molecular weight is 291 g/mol. The number of ketones is 1. The molecule has 0 unspecified atom stereocenters. The molecule has 5 heteroatoms. The SMILES string of the molecule is CC(C)(C)c1ccccc1C(=O)[C@H]1CN(C(=O)O)CCO1. The second-order valence-corrected chi connectivity index (χ2v) is 6.25. The molecular weight excluding hydrogens is 270 g/mol. The molecule has 1 aliphatic heterocycles. The van der Waals surface area contributed by atoms with Crippen molar-refractivity contribution in [2.75, 3.05) is 19.7 Å². The standard InChI is InChI=1S/C16H21NO4/c1-16(2,3)12-7-5-4-6-11(12)14(18)13-10-17(15(19)20)8-9-21-13/h4-7,13H,8-10H2,1-3H3,(H,19,20)/t13-/m1/s1. The highest BCUT2D eigenvalue weighted by Gasteiger charge is 2.32. The first kappa shape index (κ1) is 15.5. The number of morpholine rings is 1. The van der Waals surface area contributed by atoms with Gasteiger partial charge in [-0.1, -0.05) is 45.0 Å². The van der Waals surface area contributed by atoms with E-state index in [4.69, 9.17) is 9.84 Å². The summed E-state index contributed by atoms with van der Waals surface area (Å²) in [6, 6.07) is 7.44. The summed E-state index contributed by atoms with van der Waals surface area (Å²) in [6.45, 7) is 6.78. The lowest BCUT2D eigenvalue weighted by atomic mass is 9.82. The third-order valence-electron chi connectivity index (χ3n) is 3.63. The summed E-state index contributed by atoms with van der Waals surface area (Å²) < 4.78 is 5.49. The Kier molecular flexibility index (Phi) is 4.32. The van der Waals surface area contributed by atoms with Crippen LogP contribution in [0.4, 0.5) is 4.79 Å². The van der Waals surface area contributed by atoms with Crippen molar-refractivity contribution in [3.63, 3.8) is 0 Å². The maximum atomic E-state index is 12.7. The van der Waals surface area contributed by atoms with Crippen LogP contribution < -0.4 is 0 Å². The van der Waals surface area contributed by atoms with Crippen molar-refractivity contribution < 1.29 is 19.4 Å². The Labute approximate surface area is 124 Å². The first-order valence-electron chi connectivity index (χ1n) is 7.04. The van der Waals surface area contributed by atoms with Crippen LogP contribution in [-0.2, 0) is 10.2 Å². The maximum Gasteiger partial charge on any atom is 0.407 e. The molecule has 1 N–H and O–H groups in total. The minimum atomic E-state index is -1.01. The number of rotatable bonds is 2. The summed E-state index contributed by atoms with van der Waals surface area (Å²) >= 11 is 0. The summed E-state index contributed by atoms with van der Waals surface area (Å²) in [7, 11) is 0. The predicted octanol–water partition coefficient (Wildman–Crippen LogP) is 2.55. The lowest BCUT2D eigenvalue weighted by Crippen LogP contribution is -2.48. The van der Waals surface area contributed by atoms with Crippen molar-refractivity contribution in [1.82, 2.24) is 4.90 Å². The number of carbonyl (C=O) groups excluding carboxylic acids is 1. The average Bonchev–Trinajstić information content (AvgIpc) is 2.45. The summed E-state index contributed by atoms with van der Waals surface area (Å²) in [4.78, 5) is 25.0. The molecular formula is C16H21NO4. The summed E-state index contributed by atoms with van der Waals surface area (Å²) in [5.41, 5.74) is 1.40. The van der Waals surface area contributed by atoms with E-state index in [0.29, 0.717) is 12.1 Å². The molecule has 0 aliphatic carbocycles. The molecule has 21 heavy (non-hydrogen) atoms. The minimum Gasteiger partial charge on any atom is -0.465 e. The fourth-order valence-corrected chi connectivity index (χ4v) is 2.51. The van der Waals surface area contributed by atoms with Crippen LogP contribution in [0.5, 0.6) is 0 Å². The first-order chi connectivity index (χ1) is 9.80. The first-order valence-corrected chi connectivity index (χ1v) is 7.04. The van der Waals surface area contributed by atoms with Gasteiger partial charge >= 0.3 is 6.09 Å². The molecule has 0 spiro atoms. The molecule has 114 valence electrons. The number of amides is 1. The smallest absolute Gasteiger partial charge is 0.407 e. The Morgan fingerprint density at radius 2 is 1.95 bits per heavy atom. The molecule has 1 fully saturated rings. The number of hydrogen-bond acceptors (Lipinski definition) is 3. The number of Topliss-reactive ketones (excluding diaryl/α,β-unsaturated/α-hetero) is 1. The zero-order valence-electron chi connectivity index (χ0n) is 12.6. The van der Waals surface area contributed by atoms with E-state index in [2.05, 4.69) is 0 Å². The molecule has 1 aromatic rings. The molecule has 5 nitrogen and oxygen atoms in total. The van der Waals surface area contributed by atoms with Gasteiger partial charge in [0.25, 0.3) is 0 Å². The molecule has 0 aromatic heterocycles. The molecule has 1 aromatic carbocycles. The van der Waals surface area contributed by atoms with E-state index >= 15 is 0 Å². The van der Waals surface area contributed by atoms with Crippen LogP contribution in [0.2, 0.25) is 0 Å². The zero-order chi connectivity index (χ0) is 15.6. The van der Waals surface area contributed by atoms with Gasteiger partial charge < -0.3 is 14.7 Å². The van der Waals surface area contributed by atoms with Crippen molar-refractivity contribution in [3.8, 4) is 0 Å². The highest BCUT2D eigenvalue weighted by atomic mass is 16.5. The second kappa shape index (κ2) is 5.85. The van der Waals surface area contributed by atoms with Crippen molar-refractivity contribution in [2.45, 2.75) is 32.3 Å². The molecule has 0 bridgehead atoms. The van der Waals surface area contributed by atoms with Crippen LogP contribution in [0, 0.1) is 0 Å². The van der Waals surface area contributed by atoms with E-state index in [1.165, 1.54) is 4.90 Å². The highest BCUT2D eigenvalue weighted by Crippen LogP contribution is 2.27. The van der Waals surface area contributed by atoms with Crippen LogP contribution in [0.25, 0.3) is 0 Å². The number of carbonyl (C=O) groups is 2. The van der Waals surface area contributed by atoms with Crippen molar-refractivity contribution in [3.05, 3.63) is 35.4 Å². The quantitative estimate of drug-likeness (QED) is 0.850. The molecule has 0 saturated carbocycles. The van der Waals surface area contributed by atoms with Crippen LogP contribution in [-0.4, -0.2) is 47.7 Å². The Hall–Kier alpha value is -1.88. The van der Waals surface area contributed by atoms with Gasteiger partial charge in [0, 0.05) is 12.1 Å². The van der Waals surface area contributed by atoms with Gasteiger partial charge in [0.1, 0.15) is 6.10 Å². The molecule has 2 rings (SSSR count). The number of nitrogens with zero attached hydrogens (tertiary/aromatic N) is 1. The lowest BCUT2D eigenvalue weighted by Gasteiger charge is -2.31. The topological polar surface area (TPSA) is 66.8 Å². The van der Waals surface area contributed by atoms with Gasteiger partial charge in [-0.05, 0) is 11.0 Å². The largest absolute Gasteiger partial charge is 0.465 e. The number of hydrogen-bond donors (Lipinski definition) is 1. The predicted molar refractivity (Wildman–Crippen MR) is 78.8 cm³/mol. The van der Waals surface area contributed by atoms with Crippen molar-refractivity contribution in [1.29, 1.82) is 0 Å². The van der Waals surface area contributed by atoms with E-state index in [-0.39, 0.29) is 24.3 Å². The zero-order valence-corrected chi connectivity index (χ0v) is 12.6. The van der Waals surface area contributed by atoms with Crippen LogP contribution >= 0.6 is 0 Å². The van der Waals surface area contributed by atoms with Gasteiger partial charge in [0.15, 0.2) is 5.78 Å². The van der Waals surface area contributed by atoms with Gasteiger partial charge in [-0.2, -0.15) is 0 Å². The Morgan fingerprint density at radius 1 is 1.29 bits per heavy atom. The van der Waals surface area contributed by atoms with Gasteiger partial charge in [0.05, 0.1) is 13.2 Å². The third kappa shape index (κ3) is 3.42. The van der Waals surface area contributed by atoms with Gasteiger partial charge in [-0.15, -0.1) is 0 Å². The minimum absolute atomic E-state index is 0.0899. The maximum absolute atomic E-state index is 12.7. The van der Waals surface area contributed by atoms with E-state index in [1.54, 1.807) is 6.07 Å². The second-order valence-electron chi connectivity index (χ2n) is 6.25. The Morgan fingerprint density at radius 3 is 2.57 bits per heavy atom. The number of benzene rings is 1. The fourth-order valence-electron chi connectivity index (χ4n) is 2.51. The Balaban J connectivity index is 2.26. The summed E-state index contributed by atoms with van der Waals surface area (Å²) in [5, 5.41) is 9.05. The molecule has 1 saturated heterocycles. The summed E-state index contributed by atoms with van der Waals surface area (Å²) in [6.07, 6.45) is -1.74. The monoisotopic (exact) mass is 291 g/mol. The van der Waals surface area contributed by atoms with Crippen LogP contribution in [0.3, 0.4) is 0 Å². The van der Waals surface area contributed by atoms with Crippen molar-refractivity contribution >= 4 is 11.9 Å². The number of carboxylic acid groups (broad SMARTS) is 1. The van der Waals surface area contributed by atoms with Gasteiger partial charge in [0.2, 0.25) is 0 Å². The van der Waals surface area contributed by atoms with E-state index < -0.39 is 12.2 Å². The molecule has 1 amide bonds. The van der Waals surface area contributed by atoms with Crippen LogP contribution in [0.15, 0.2) is 24.3 Å². The lowest BCUT2D eigenvalue weighted by molar-refractivity contribution is -0.0112. The molecule has 1 heterocycles. The van der Waals surface area contributed by atoms with E-state index in [0.717, 1.165) is 5.56 Å². The van der Waals surface area contributed by atoms with Crippen LogP contribution in [0.1, 0.15) is 36.7 Å². The highest BCUT2D eigenvalue weighted by molar-refractivity contribution is 6.01. The number of ether oxygens (including phenoxy) is 1. The van der Waals surface area contributed by atoms with Gasteiger partial charge in [-0.3, -0.25) is 4.79 Å². The van der Waals surface area contributed by atoms with E-state index in [9.17, 15) is 9.59 Å². The summed E-state index contributed by atoms with van der Waals surface area (Å²) in [5.74, 6) is -0.147. The normalized spacial score (nSPS) is 19.4. The third-order valence-corrected chi connectivity index (χ3v) is 3.63. The fraction of sp³-hybridized carbons (Fsp3) is 0.500. The van der Waals surface area contributed by atoms with Gasteiger partial charge in [-0.25, -0.2) is 4.79 Å². The molecule has 1 aliphatic rings. The van der Waals surface area contributed by atoms with Crippen molar-refractivity contribution in [2.24, 2.45) is 0 Å². The molecule has 1 atom stereocenters. The molecule has 0 radical (unpaired) electrons. The van der Waals surface area contributed by atoms with E-state index in [1.807, 2.05) is 39.0 Å².